The monoisotopic (exact) mass is 414 g/mol. The van der Waals surface area contributed by atoms with Crippen molar-refractivity contribution in [1.82, 2.24) is 4.90 Å². The first-order valence-electron chi connectivity index (χ1n) is 9.35. The molecular formula is C21H23ClN4O3. The van der Waals surface area contributed by atoms with Crippen molar-refractivity contribution in [2.45, 2.75) is 12.8 Å². The van der Waals surface area contributed by atoms with Crippen LogP contribution in [0, 0.1) is 0 Å². The molecule has 0 bridgehead atoms. The fourth-order valence-electron chi connectivity index (χ4n) is 3.14. The third kappa shape index (κ3) is 5.79. The first-order chi connectivity index (χ1) is 13.9. The number of carbonyl (C=O) groups excluding carboxylic acids is 3. The average Bonchev–Trinajstić information content (AvgIpc) is 3.10. The Kier molecular flexibility index (Phi) is 6.85. The Balaban J connectivity index is 1.46. The fraction of sp³-hybridized carbons (Fsp3) is 0.286. The van der Waals surface area contributed by atoms with Crippen LogP contribution in [0.4, 0.5) is 17.1 Å². The molecule has 8 heteroatoms. The molecular weight excluding hydrogens is 392 g/mol. The molecule has 7 nitrogen and oxygen atoms in total. The van der Waals surface area contributed by atoms with Gasteiger partial charge in [0.05, 0.1) is 23.8 Å². The van der Waals surface area contributed by atoms with Gasteiger partial charge in [-0.05, 0) is 49.9 Å². The number of rotatable bonds is 7. The lowest BCUT2D eigenvalue weighted by molar-refractivity contribution is -0.119. The van der Waals surface area contributed by atoms with E-state index in [0.29, 0.717) is 22.8 Å². The Morgan fingerprint density at radius 1 is 1.03 bits per heavy atom. The van der Waals surface area contributed by atoms with Gasteiger partial charge in [0.1, 0.15) is 0 Å². The van der Waals surface area contributed by atoms with Crippen LogP contribution in [0.2, 0.25) is 5.02 Å². The SMILES string of the molecule is CN(CC(=O)Nc1ccc(N2CCCC2=O)cc1)CC(=O)Nc1ccccc1Cl. The number of benzene rings is 2. The highest BCUT2D eigenvalue weighted by atomic mass is 35.5. The number of para-hydroxylation sites is 1. The molecule has 0 atom stereocenters. The molecule has 3 rings (SSSR count). The van der Waals surface area contributed by atoms with Gasteiger partial charge in [0, 0.05) is 24.3 Å². The molecule has 0 aromatic heterocycles. The maximum Gasteiger partial charge on any atom is 0.238 e. The number of halogens is 1. The number of nitrogens with one attached hydrogen (secondary N) is 2. The van der Waals surface area contributed by atoms with Gasteiger partial charge in [-0.15, -0.1) is 0 Å². The quantitative estimate of drug-likeness (QED) is 0.729. The Hall–Kier alpha value is -2.90. The molecule has 0 aliphatic carbocycles. The summed E-state index contributed by atoms with van der Waals surface area (Å²) in [4.78, 5) is 39.5. The molecule has 2 aromatic carbocycles. The van der Waals surface area contributed by atoms with E-state index in [-0.39, 0.29) is 30.8 Å². The minimum atomic E-state index is -0.256. The summed E-state index contributed by atoms with van der Waals surface area (Å²) in [5.74, 6) is -0.366. The van der Waals surface area contributed by atoms with E-state index in [0.717, 1.165) is 18.7 Å². The number of carbonyl (C=O) groups is 3. The summed E-state index contributed by atoms with van der Waals surface area (Å²) in [6.45, 7) is 0.836. The Labute approximate surface area is 174 Å². The van der Waals surface area contributed by atoms with Crippen LogP contribution in [-0.2, 0) is 14.4 Å². The smallest absolute Gasteiger partial charge is 0.238 e. The summed E-state index contributed by atoms with van der Waals surface area (Å²) in [5.41, 5.74) is 2.01. The summed E-state index contributed by atoms with van der Waals surface area (Å²) in [6, 6.07) is 14.1. The zero-order valence-electron chi connectivity index (χ0n) is 16.2. The van der Waals surface area contributed by atoms with Gasteiger partial charge in [-0.25, -0.2) is 0 Å². The van der Waals surface area contributed by atoms with Crippen molar-refractivity contribution >= 4 is 46.4 Å². The van der Waals surface area contributed by atoms with Gasteiger partial charge in [-0.2, -0.15) is 0 Å². The van der Waals surface area contributed by atoms with E-state index >= 15 is 0 Å². The standard InChI is InChI=1S/C21H23ClN4O3/c1-25(14-20(28)24-18-6-3-2-5-17(18)22)13-19(27)23-15-8-10-16(11-9-15)26-12-4-7-21(26)29/h2-3,5-6,8-11H,4,7,12-14H2,1H3,(H,23,27)(H,24,28). The van der Waals surface area contributed by atoms with E-state index in [1.165, 1.54) is 0 Å². The second kappa shape index (κ2) is 9.54. The maximum atomic E-state index is 12.2. The van der Waals surface area contributed by atoms with Crippen molar-refractivity contribution in [2.75, 3.05) is 42.2 Å². The lowest BCUT2D eigenvalue weighted by Crippen LogP contribution is -2.36. The third-order valence-electron chi connectivity index (χ3n) is 4.51. The highest BCUT2D eigenvalue weighted by Gasteiger charge is 2.21. The van der Waals surface area contributed by atoms with Crippen molar-refractivity contribution in [3.05, 3.63) is 53.6 Å². The maximum absolute atomic E-state index is 12.2. The van der Waals surface area contributed by atoms with Crippen LogP contribution in [-0.4, -0.2) is 49.3 Å². The number of amides is 3. The topological polar surface area (TPSA) is 81.8 Å². The molecule has 1 aliphatic rings. The summed E-state index contributed by atoms with van der Waals surface area (Å²) in [5, 5.41) is 5.98. The molecule has 29 heavy (non-hydrogen) atoms. The number of hydrogen-bond donors (Lipinski definition) is 2. The molecule has 3 amide bonds. The molecule has 0 unspecified atom stereocenters. The third-order valence-corrected chi connectivity index (χ3v) is 4.84. The van der Waals surface area contributed by atoms with Gasteiger partial charge in [-0.1, -0.05) is 23.7 Å². The normalized spacial score (nSPS) is 13.6. The van der Waals surface area contributed by atoms with Crippen LogP contribution < -0.4 is 15.5 Å². The summed E-state index contributed by atoms with van der Waals surface area (Å²) < 4.78 is 0. The van der Waals surface area contributed by atoms with E-state index in [4.69, 9.17) is 11.6 Å². The van der Waals surface area contributed by atoms with E-state index in [1.807, 2.05) is 12.1 Å². The van der Waals surface area contributed by atoms with E-state index in [1.54, 1.807) is 53.2 Å². The minimum absolute atomic E-state index is 0.0503. The first-order valence-corrected chi connectivity index (χ1v) is 9.73. The predicted molar refractivity (Wildman–Crippen MR) is 114 cm³/mol. The second-order valence-corrected chi connectivity index (χ2v) is 7.35. The molecule has 0 spiro atoms. The van der Waals surface area contributed by atoms with Crippen molar-refractivity contribution in [3.8, 4) is 0 Å². The Morgan fingerprint density at radius 2 is 1.69 bits per heavy atom. The largest absolute Gasteiger partial charge is 0.325 e. The van der Waals surface area contributed by atoms with Crippen LogP contribution in [0.1, 0.15) is 12.8 Å². The molecule has 152 valence electrons. The van der Waals surface area contributed by atoms with Crippen molar-refractivity contribution < 1.29 is 14.4 Å². The number of anilines is 3. The molecule has 1 heterocycles. The van der Waals surface area contributed by atoms with Crippen LogP contribution in [0.3, 0.4) is 0 Å². The molecule has 2 N–H and O–H groups in total. The molecule has 1 fully saturated rings. The summed E-state index contributed by atoms with van der Waals surface area (Å²) in [7, 11) is 1.69. The zero-order chi connectivity index (χ0) is 20.8. The van der Waals surface area contributed by atoms with E-state index < -0.39 is 0 Å². The number of nitrogens with zero attached hydrogens (tertiary/aromatic N) is 2. The van der Waals surface area contributed by atoms with Crippen LogP contribution in [0.25, 0.3) is 0 Å². The van der Waals surface area contributed by atoms with Gasteiger partial charge in [0.15, 0.2) is 0 Å². The van der Waals surface area contributed by atoms with Crippen LogP contribution in [0.5, 0.6) is 0 Å². The molecule has 0 radical (unpaired) electrons. The zero-order valence-corrected chi connectivity index (χ0v) is 16.9. The first kappa shape index (κ1) is 20.8. The minimum Gasteiger partial charge on any atom is -0.325 e. The van der Waals surface area contributed by atoms with Crippen molar-refractivity contribution in [3.63, 3.8) is 0 Å². The highest BCUT2D eigenvalue weighted by molar-refractivity contribution is 6.33. The van der Waals surface area contributed by atoms with Crippen LogP contribution in [0.15, 0.2) is 48.5 Å². The second-order valence-electron chi connectivity index (χ2n) is 6.94. The van der Waals surface area contributed by atoms with Crippen LogP contribution >= 0.6 is 11.6 Å². The highest BCUT2D eigenvalue weighted by Crippen LogP contribution is 2.23. The molecule has 0 saturated carbocycles. The lowest BCUT2D eigenvalue weighted by atomic mass is 10.2. The van der Waals surface area contributed by atoms with Gasteiger partial charge >= 0.3 is 0 Å². The van der Waals surface area contributed by atoms with Crippen molar-refractivity contribution in [1.29, 1.82) is 0 Å². The van der Waals surface area contributed by atoms with Gasteiger partial charge < -0.3 is 15.5 Å². The van der Waals surface area contributed by atoms with Crippen molar-refractivity contribution in [2.24, 2.45) is 0 Å². The van der Waals surface area contributed by atoms with Gasteiger partial charge in [0.25, 0.3) is 0 Å². The molecule has 1 saturated heterocycles. The predicted octanol–water partition coefficient (Wildman–Crippen LogP) is 2.98. The molecule has 2 aromatic rings. The van der Waals surface area contributed by atoms with Gasteiger partial charge in [0.2, 0.25) is 17.7 Å². The van der Waals surface area contributed by atoms with Gasteiger partial charge in [-0.3, -0.25) is 19.3 Å². The summed E-state index contributed by atoms with van der Waals surface area (Å²) >= 11 is 6.03. The lowest BCUT2D eigenvalue weighted by Gasteiger charge is -2.17. The molecule has 1 aliphatic heterocycles. The number of hydrogen-bond acceptors (Lipinski definition) is 4. The fourth-order valence-corrected chi connectivity index (χ4v) is 3.33. The Morgan fingerprint density at radius 3 is 2.31 bits per heavy atom. The van der Waals surface area contributed by atoms with E-state index in [2.05, 4.69) is 10.6 Å². The average molecular weight is 415 g/mol. The summed E-state index contributed by atoms with van der Waals surface area (Å²) in [6.07, 6.45) is 1.45. The number of likely N-dealkylation sites (N-methyl/N-ethyl adjacent to an activating group) is 1. The Bertz CT molecular complexity index is 901. The van der Waals surface area contributed by atoms with E-state index in [9.17, 15) is 14.4 Å².